The van der Waals surface area contributed by atoms with Crippen LogP contribution in [-0.4, -0.2) is 4.57 Å². The van der Waals surface area contributed by atoms with Crippen LogP contribution in [0.4, 0.5) is 0 Å². The highest BCUT2D eigenvalue weighted by Gasteiger charge is 2.36. The summed E-state index contributed by atoms with van der Waals surface area (Å²) in [5, 5.41) is 7.73. The molecule has 0 atom stereocenters. The highest BCUT2D eigenvalue weighted by Crippen LogP contribution is 2.52. The topological polar surface area (TPSA) is 4.93 Å². The third-order valence-electron chi connectivity index (χ3n) is 8.44. The highest BCUT2D eigenvalue weighted by atomic mass is 79.9. The number of hydrogen-bond donors (Lipinski definition) is 0. The molecule has 0 spiro atoms. The first kappa shape index (κ1) is 21.2. The van der Waals surface area contributed by atoms with Gasteiger partial charge in [0.25, 0.3) is 0 Å². The van der Waals surface area contributed by atoms with Gasteiger partial charge >= 0.3 is 0 Å². The summed E-state index contributed by atoms with van der Waals surface area (Å²) in [6.45, 7) is 4.70. The van der Waals surface area contributed by atoms with E-state index in [0.29, 0.717) is 0 Å². The smallest absolute Gasteiger partial charge is 0.0547 e. The highest BCUT2D eigenvalue weighted by molar-refractivity contribution is 9.10. The molecule has 0 unspecified atom stereocenters. The van der Waals surface area contributed by atoms with E-state index in [2.05, 4.69) is 144 Å². The van der Waals surface area contributed by atoms with Crippen LogP contribution in [0.2, 0.25) is 0 Å². The first-order valence-corrected chi connectivity index (χ1v) is 13.6. The van der Waals surface area contributed by atoms with Gasteiger partial charge in [-0.15, -0.1) is 0 Å². The molecule has 8 rings (SSSR count). The number of benzene rings is 6. The molecule has 1 aromatic heterocycles. The molecule has 0 radical (unpaired) electrons. The standard InChI is InChI=1S/C35H24BrN/c1-35(2)28-12-6-5-10-26(28)33-25-11-7-13-30(24(25)16-17-29(33)35)37-31-19-15-22(36)20-27(31)34-23-9-4-3-8-21(23)14-18-32(34)37/h3-20H,1-2H3. The van der Waals surface area contributed by atoms with E-state index in [-0.39, 0.29) is 5.41 Å². The molecule has 0 aliphatic heterocycles. The maximum absolute atomic E-state index is 3.74. The zero-order chi connectivity index (χ0) is 24.9. The van der Waals surface area contributed by atoms with Crippen molar-refractivity contribution in [1.29, 1.82) is 0 Å². The van der Waals surface area contributed by atoms with Gasteiger partial charge in [-0.3, -0.25) is 0 Å². The van der Waals surface area contributed by atoms with Gasteiger partial charge < -0.3 is 4.57 Å². The molecule has 1 aliphatic rings. The maximum Gasteiger partial charge on any atom is 0.0547 e. The van der Waals surface area contributed by atoms with Crippen LogP contribution in [0.25, 0.3) is 60.2 Å². The largest absolute Gasteiger partial charge is 0.309 e. The molecule has 176 valence electrons. The van der Waals surface area contributed by atoms with Crippen molar-refractivity contribution in [2.75, 3.05) is 0 Å². The lowest BCUT2D eigenvalue weighted by Crippen LogP contribution is -2.14. The van der Waals surface area contributed by atoms with Crippen LogP contribution in [0, 0.1) is 0 Å². The van der Waals surface area contributed by atoms with E-state index in [4.69, 9.17) is 0 Å². The van der Waals surface area contributed by atoms with E-state index in [1.807, 2.05) is 0 Å². The van der Waals surface area contributed by atoms with Gasteiger partial charge in [-0.1, -0.05) is 109 Å². The lowest BCUT2D eigenvalue weighted by atomic mass is 9.82. The van der Waals surface area contributed by atoms with Gasteiger partial charge in [0, 0.05) is 26.0 Å². The Morgan fingerprint density at radius 1 is 0.595 bits per heavy atom. The van der Waals surface area contributed by atoms with Crippen LogP contribution in [0.5, 0.6) is 0 Å². The van der Waals surface area contributed by atoms with Crippen LogP contribution in [0.3, 0.4) is 0 Å². The number of halogens is 1. The van der Waals surface area contributed by atoms with Gasteiger partial charge in [-0.25, -0.2) is 0 Å². The molecule has 1 aliphatic carbocycles. The van der Waals surface area contributed by atoms with E-state index < -0.39 is 0 Å². The van der Waals surface area contributed by atoms with Crippen LogP contribution < -0.4 is 0 Å². The second kappa shape index (κ2) is 7.34. The minimum absolute atomic E-state index is 0.00580. The monoisotopic (exact) mass is 537 g/mol. The first-order valence-electron chi connectivity index (χ1n) is 12.8. The Kier molecular flexibility index (Phi) is 4.21. The molecule has 1 heterocycles. The molecule has 0 amide bonds. The number of rotatable bonds is 1. The number of hydrogen-bond acceptors (Lipinski definition) is 0. The molecule has 0 saturated carbocycles. The molecule has 37 heavy (non-hydrogen) atoms. The summed E-state index contributed by atoms with van der Waals surface area (Å²) in [4.78, 5) is 0. The van der Waals surface area contributed by atoms with Gasteiger partial charge in [0.15, 0.2) is 0 Å². The van der Waals surface area contributed by atoms with Gasteiger partial charge in [0.1, 0.15) is 0 Å². The average molecular weight is 538 g/mol. The summed E-state index contributed by atoms with van der Waals surface area (Å²) >= 11 is 3.74. The van der Waals surface area contributed by atoms with Crippen LogP contribution >= 0.6 is 15.9 Å². The first-order chi connectivity index (χ1) is 18.0. The molecule has 0 saturated heterocycles. The van der Waals surface area contributed by atoms with E-state index in [0.717, 1.165) is 4.47 Å². The maximum atomic E-state index is 3.74. The third-order valence-corrected chi connectivity index (χ3v) is 8.93. The van der Waals surface area contributed by atoms with Crippen molar-refractivity contribution in [3.8, 4) is 16.8 Å². The van der Waals surface area contributed by atoms with Gasteiger partial charge in [0.05, 0.1) is 16.7 Å². The predicted molar refractivity (Wildman–Crippen MR) is 161 cm³/mol. The van der Waals surface area contributed by atoms with Crippen LogP contribution in [-0.2, 0) is 5.41 Å². The Morgan fingerprint density at radius 2 is 1.38 bits per heavy atom. The molecule has 7 aromatic rings. The lowest BCUT2D eigenvalue weighted by Gasteiger charge is -2.22. The Bertz CT molecular complexity index is 2080. The van der Waals surface area contributed by atoms with Gasteiger partial charge in [0.2, 0.25) is 0 Å². The number of nitrogens with zero attached hydrogens (tertiary/aromatic N) is 1. The third kappa shape index (κ3) is 2.74. The summed E-state index contributed by atoms with van der Waals surface area (Å²) in [5.74, 6) is 0. The van der Waals surface area contributed by atoms with Crippen molar-refractivity contribution >= 4 is 59.3 Å². The molecular formula is C35H24BrN. The van der Waals surface area contributed by atoms with Crippen molar-refractivity contribution in [3.05, 3.63) is 125 Å². The van der Waals surface area contributed by atoms with Crippen molar-refractivity contribution in [2.24, 2.45) is 0 Å². The van der Waals surface area contributed by atoms with E-state index in [1.165, 1.54) is 71.3 Å². The van der Waals surface area contributed by atoms with Gasteiger partial charge in [-0.2, -0.15) is 0 Å². The van der Waals surface area contributed by atoms with Crippen molar-refractivity contribution < 1.29 is 0 Å². The summed E-state index contributed by atoms with van der Waals surface area (Å²) in [6, 6.07) is 40.3. The van der Waals surface area contributed by atoms with Crippen molar-refractivity contribution in [1.82, 2.24) is 4.57 Å². The lowest BCUT2D eigenvalue weighted by molar-refractivity contribution is 0.661. The summed E-state index contributed by atoms with van der Waals surface area (Å²) in [6.07, 6.45) is 0. The Hall–Kier alpha value is -3.88. The predicted octanol–water partition coefficient (Wildman–Crippen LogP) is 10.2. The quantitative estimate of drug-likeness (QED) is 0.196. The molecule has 0 bridgehead atoms. The minimum atomic E-state index is -0.00580. The molecule has 6 aromatic carbocycles. The number of fused-ring (bicyclic) bond motifs is 10. The molecule has 2 heteroatoms. The zero-order valence-corrected chi connectivity index (χ0v) is 22.3. The fraction of sp³-hybridized carbons (Fsp3) is 0.0857. The van der Waals surface area contributed by atoms with Crippen molar-refractivity contribution in [3.63, 3.8) is 0 Å². The normalized spacial score (nSPS) is 14.0. The molecule has 0 fully saturated rings. The second-order valence-corrected chi connectivity index (χ2v) is 11.6. The average Bonchev–Trinajstić information content (AvgIpc) is 3.37. The second-order valence-electron chi connectivity index (χ2n) is 10.7. The fourth-order valence-corrected chi connectivity index (χ4v) is 7.12. The summed E-state index contributed by atoms with van der Waals surface area (Å²) in [7, 11) is 0. The minimum Gasteiger partial charge on any atom is -0.309 e. The SMILES string of the molecule is CC1(C)c2ccccc2-c2c1ccc1c(-n3c4ccc(Br)cc4c4c5ccccc5ccc43)cccc21. The zero-order valence-electron chi connectivity index (χ0n) is 20.7. The molecule has 1 nitrogen and oxygen atoms in total. The van der Waals surface area contributed by atoms with Crippen molar-refractivity contribution in [2.45, 2.75) is 19.3 Å². The Balaban J connectivity index is 1.53. The van der Waals surface area contributed by atoms with E-state index in [9.17, 15) is 0 Å². The summed E-state index contributed by atoms with van der Waals surface area (Å²) in [5.41, 5.74) is 9.25. The van der Waals surface area contributed by atoms with E-state index >= 15 is 0 Å². The van der Waals surface area contributed by atoms with Gasteiger partial charge in [-0.05, 0) is 68.7 Å². The molecular weight excluding hydrogens is 514 g/mol. The summed E-state index contributed by atoms with van der Waals surface area (Å²) < 4.78 is 3.56. The Labute approximate surface area is 224 Å². The number of aromatic nitrogens is 1. The fourth-order valence-electron chi connectivity index (χ4n) is 6.76. The van der Waals surface area contributed by atoms with Crippen LogP contribution in [0.15, 0.2) is 114 Å². The van der Waals surface area contributed by atoms with Crippen LogP contribution in [0.1, 0.15) is 25.0 Å². The molecule has 0 N–H and O–H groups in total. The Morgan fingerprint density at radius 3 is 2.30 bits per heavy atom. The van der Waals surface area contributed by atoms with E-state index in [1.54, 1.807) is 0 Å².